The van der Waals surface area contributed by atoms with Gasteiger partial charge in [-0.3, -0.25) is 0 Å². The van der Waals surface area contributed by atoms with Crippen molar-refractivity contribution >= 4 is 0 Å². The zero-order chi connectivity index (χ0) is 10.7. The van der Waals surface area contributed by atoms with E-state index in [1.807, 2.05) is 7.11 Å². The highest BCUT2D eigenvalue weighted by atomic mass is 16.5. The van der Waals surface area contributed by atoms with Gasteiger partial charge in [0.15, 0.2) is 0 Å². The average molecular weight is 213 g/mol. The van der Waals surface area contributed by atoms with Gasteiger partial charge in [0.05, 0.1) is 18.3 Å². The number of hydrogen-bond donors (Lipinski definition) is 0. The molecule has 0 N–H and O–H groups in total. The summed E-state index contributed by atoms with van der Waals surface area (Å²) in [7, 11) is 4.00. The molecule has 88 valence electrons. The molecule has 2 aliphatic rings. The fourth-order valence-corrected chi connectivity index (χ4v) is 2.63. The topological polar surface area (TPSA) is 21.7 Å². The normalized spacial score (nSPS) is 34.8. The van der Waals surface area contributed by atoms with Crippen LogP contribution in [0.25, 0.3) is 0 Å². The van der Waals surface area contributed by atoms with Gasteiger partial charge in [0.2, 0.25) is 0 Å². The Morgan fingerprint density at radius 1 is 0.933 bits per heavy atom. The Kier molecular flexibility index (Phi) is 4.00. The molecular weight excluding hydrogens is 190 g/mol. The van der Waals surface area contributed by atoms with Crippen LogP contribution in [0.3, 0.4) is 0 Å². The molecule has 0 amide bonds. The van der Waals surface area contributed by atoms with Gasteiger partial charge < -0.3 is 14.4 Å². The molecule has 2 fully saturated rings. The predicted molar refractivity (Wildman–Crippen MR) is 60.0 cm³/mol. The highest BCUT2D eigenvalue weighted by Crippen LogP contribution is 2.27. The number of likely N-dealkylation sites (tertiary alicyclic amines) is 1. The van der Waals surface area contributed by atoms with Gasteiger partial charge in [-0.05, 0) is 39.2 Å². The van der Waals surface area contributed by atoms with Crippen molar-refractivity contribution in [3.8, 4) is 0 Å². The highest BCUT2D eigenvalue weighted by molar-refractivity contribution is 4.79. The molecule has 0 aromatic rings. The van der Waals surface area contributed by atoms with Crippen molar-refractivity contribution in [1.82, 2.24) is 4.90 Å². The molecule has 0 spiro atoms. The van der Waals surface area contributed by atoms with Crippen LogP contribution in [0.15, 0.2) is 0 Å². The molecule has 0 aromatic heterocycles. The van der Waals surface area contributed by atoms with Crippen LogP contribution in [0, 0.1) is 0 Å². The Hall–Kier alpha value is -0.120. The third kappa shape index (κ3) is 3.16. The fraction of sp³-hybridized carbons (Fsp3) is 1.00. The van der Waals surface area contributed by atoms with Gasteiger partial charge in [-0.2, -0.15) is 0 Å². The van der Waals surface area contributed by atoms with E-state index < -0.39 is 0 Å². The summed E-state index contributed by atoms with van der Waals surface area (Å²) in [6.07, 6.45) is 7.27. The van der Waals surface area contributed by atoms with Crippen LogP contribution in [0.2, 0.25) is 0 Å². The molecule has 1 saturated carbocycles. The maximum atomic E-state index is 6.13. The molecule has 0 bridgehead atoms. The lowest BCUT2D eigenvalue weighted by atomic mass is 10.1. The molecule has 0 aromatic carbocycles. The van der Waals surface area contributed by atoms with E-state index in [0.717, 1.165) is 6.42 Å². The summed E-state index contributed by atoms with van der Waals surface area (Å²) in [5.41, 5.74) is 0. The second-order valence-electron chi connectivity index (χ2n) is 4.93. The Bertz CT molecular complexity index is 190. The van der Waals surface area contributed by atoms with E-state index in [9.17, 15) is 0 Å². The van der Waals surface area contributed by atoms with Crippen LogP contribution in [0.5, 0.6) is 0 Å². The SMILES string of the molecule is CO[C@@H]1CC[C@@H](OC2CCN(C)CC2)C1. The molecule has 15 heavy (non-hydrogen) atoms. The zero-order valence-electron chi connectivity index (χ0n) is 9.95. The highest BCUT2D eigenvalue weighted by Gasteiger charge is 2.28. The first kappa shape index (κ1) is 11.4. The number of ether oxygens (including phenoxy) is 2. The average Bonchev–Trinajstić information content (AvgIpc) is 2.69. The van der Waals surface area contributed by atoms with Gasteiger partial charge in [-0.25, -0.2) is 0 Å². The molecule has 3 nitrogen and oxygen atoms in total. The minimum atomic E-state index is 0.446. The Morgan fingerprint density at radius 3 is 2.20 bits per heavy atom. The lowest BCUT2D eigenvalue weighted by Crippen LogP contribution is -2.35. The zero-order valence-corrected chi connectivity index (χ0v) is 9.95. The summed E-state index contributed by atoms with van der Waals surface area (Å²) in [5.74, 6) is 0. The van der Waals surface area contributed by atoms with Crippen molar-refractivity contribution in [2.24, 2.45) is 0 Å². The predicted octanol–water partition coefficient (Wildman–Crippen LogP) is 1.66. The minimum Gasteiger partial charge on any atom is -0.381 e. The van der Waals surface area contributed by atoms with Crippen LogP contribution in [0.1, 0.15) is 32.1 Å². The Morgan fingerprint density at radius 2 is 1.60 bits per heavy atom. The van der Waals surface area contributed by atoms with E-state index in [1.165, 1.54) is 38.8 Å². The van der Waals surface area contributed by atoms with Gasteiger partial charge in [0.1, 0.15) is 0 Å². The molecule has 3 heteroatoms. The number of nitrogens with zero attached hydrogens (tertiary/aromatic N) is 1. The summed E-state index contributed by atoms with van der Waals surface area (Å²) in [6.45, 7) is 2.37. The molecule has 2 atom stereocenters. The van der Waals surface area contributed by atoms with E-state index in [-0.39, 0.29) is 0 Å². The molecule has 0 radical (unpaired) electrons. The number of methoxy groups -OCH3 is 1. The standard InChI is InChI=1S/C12H23NO2/c1-13-7-5-10(6-8-13)15-12-4-3-11(9-12)14-2/h10-12H,3-9H2,1-2H3/t11-,12-/m1/s1. The number of rotatable bonds is 3. The summed E-state index contributed by atoms with van der Waals surface area (Å²) in [6, 6.07) is 0. The first-order valence-electron chi connectivity index (χ1n) is 6.14. The number of hydrogen-bond acceptors (Lipinski definition) is 3. The molecular formula is C12H23NO2. The lowest BCUT2D eigenvalue weighted by molar-refractivity contribution is -0.0419. The fourth-order valence-electron chi connectivity index (χ4n) is 2.63. The second kappa shape index (κ2) is 5.28. The third-order valence-corrected chi connectivity index (χ3v) is 3.72. The van der Waals surface area contributed by atoms with Crippen molar-refractivity contribution < 1.29 is 9.47 Å². The van der Waals surface area contributed by atoms with Crippen molar-refractivity contribution in [2.45, 2.75) is 50.4 Å². The third-order valence-electron chi connectivity index (χ3n) is 3.72. The maximum absolute atomic E-state index is 6.13. The molecule has 1 aliphatic carbocycles. The quantitative estimate of drug-likeness (QED) is 0.712. The first-order chi connectivity index (χ1) is 7.28. The van der Waals surface area contributed by atoms with Crippen LogP contribution >= 0.6 is 0 Å². The maximum Gasteiger partial charge on any atom is 0.0604 e. The monoisotopic (exact) mass is 213 g/mol. The van der Waals surface area contributed by atoms with E-state index in [1.54, 1.807) is 0 Å². The molecule has 1 saturated heterocycles. The second-order valence-corrected chi connectivity index (χ2v) is 4.93. The summed E-state index contributed by atoms with van der Waals surface area (Å²) < 4.78 is 11.5. The summed E-state index contributed by atoms with van der Waals surface area (Å²) in [4.78, 5) is 2.38. The Labute approximate surface area is 92.7 Å². The van der Waals surface area contributed by atoms with Crippen LogP contribution in [-0.2, 0) is 9.47 Å². The molecule has 1 heterocycles. The minimum absolute atomic E-state index is 0.446. The van der Waals surface area contributed by atoms with Crippen LogP contribution in [0.4, 0.5) is 0 Å². The van der Waals surface area contributed by atoms with Crippen molar-refractivity contribution in [3.05, 3.63) is 0 Å². The van der Waals surface area contributed by atoms with Crippen molar-refractivity contribution in [2.75, 3.05) is 27.2 Å². The van der Waals surface area contributed by atoms with Gasteiger partial charge in [-0.1, -0.05) is 0 Å². The number of piperidine rings is 1. The van der Waals surface area contributed by atoms with E-state index in [4.69, 9.17) is 9.47 Å². The molecule has 0 unspecified atom stereocenters. The van der Waals surface area contributed by atoms with Gasteiger partial charge in [-0.15, -0.1) is 0 Å². The van der Waals surface area contributed by atoms with Gasteiger partial charge >= 0.3 is 0 Å². The van der Waals surface area contributed by atoms with Gasteiger partial charge in [0, 0.05) is 20.2 Å². The van der Waals surface area contributed by atoms with Crippen molar-refractivity contribution in [3.63, 3.8) is 0 Å². The van der Waals surface area contributed by atoms with E-state index in [2.05, 4.69) is 11.9 Å². The Balaban J connectivity index is 1.69. The summed E-state index contributed by atoms with van der Waals surface area (Å²) in [5, 5.41) is 0. The summed E-state index contributed by atoms with van der Waals surface area (Å²) >= 11 is 0. The first-order valence-corrected chi connectivity index (χ1v) is 6.14. The molecule has 2 rings (SSSR count). The van der Waals surface area contributed by atoms with Crippen LogP contribution < -0.4 is 0 Å². The van der Waals surface area contributed by atoms with Crippen LogP contribution in [-0.4, -0.2) is 50.5 Å². The molecule has 1 aliphatic heterocycles. The largest absolute Gasteiger partial charge is 0.381 e. The smallest absolute Gasteiger partial charge is 0.0604 e. The van der Waals surface area contributed by atoms with E-state index in [0.29, 0.717) is 18.3 Å². The van der Waals surface area contributed by atoms with Gasteiger partial charge in [0.25, 0.3) is 0 Å². The lowest BCUT2D eigenvalue weighted by Gasteiger charge is -2.30. The van der Waals surface area contributed by atoms with Crippen molar-refractivity contribution in [1.29, 1.82) is 0 Å². The van der Waals surface area contributed by atoms with E-state index >= 15 is 0 Å².